The van der Waals surface area contributed by atoms with Crippen LogP contribution >= 0.6 is 0 Å². The molecule has 4 nitrogen and oxygen atoms in total. The van der Waals surface area contributed by atoms with Crippen LogP contribution < -0.4 is 10.2 Å². The maximum absolute atomic E-state index is 4.59. The minimum absolute atomic E-state index is 0.765. The number of nitrogens with zero attached hydrogens (tertiary/aromatic N) is 3. The molecule has 1 aromatic rings. The Hall–Kier alpha value is -1.03. The highest BCUT2D eigenvalue weighted by Crippen LogP contribution is 2.27. The van der Waals surface area contributed by atoms with Crippen LogP contribution in [-0.2, 0) is 13.6 Å². The maximum Gasteiger partial charge on any atom is 0.131 e. The first-order chi connectivity index (χ1) is 8.25. The van der Waals surface area contributed by atoms with Crippen LogP contribution in [0.15, 0.2) is 0 Å². The van der Waals surface area contributed by atoms with Crippen molar-refractivity contribution in [1.82, 2.24) is 15.1 Å². The molecule has 1 aliphatic carbocycles. The molecule has 0 aromatic carbocycles. The molecule has 2 fully saturated rings. The predicted molar refractivity (Wildman–Crippen MR) is 69.3 cm³/mol. The summed E-state index contributed by atoms with van der Waals surface area (Å²) in [5.41, 5.74) is 2.59. The lowest BCUT2D eigenvalue weighted by atomic mass is 10.2. The van der Waals surface area contributed by atoms with E-state index in [2.05, 4.69) is 34.0 Å². The lowest BCUT2D eigenvalue weighted by Crippen LogP contribution is -2.24. The van der Waals surface area contributed by atoms with Gasteiger partial charge in [0.15, 0.2) is 0 Å². The van der Waals surface area contributed by atoms with E-state index < -0.39 is 0 Å². The Bertz CT molecular complexity index is 400. The average molecular weight is 234 g/mol. The SMILES string of the molecule is Cc1nn(C)c(N2CCCC2)c1CNC1CC1. The Morgan fingerprint density at radius 3 is 2.65 bits per heavy atom. The van der Waals surface area contributed by atoms with Gasteiger partial charge in [0.1, 0.15) is 5.82 Å². The van der Waals surface area contributed by atoms with Crippen molar-refractivity contribution in [3.05, 3.63) is 11.3 Å². The summed E-state index contributed by atoms with van der Waals surface area (Å²) in [5.74, 6) is 1.34. The Balaban J connectivity index is 1.82. The maximum atomic E-state index is 4.59. The minimum atomic E-state index is 0.765. The molecule has 3 rings (SSSR count). The topological polar surface area (TPSA) is 33.1 Å². The van der Waals surface area contributed by atoms with Gasteiger partial charge in [-0.2, -0.15) is 5.10 Å². The van der Waals surface area contributed by atoms with Gasteiger partial charge in [0.25, 0.3) is 0 Å². The van der Waals surface area contributed by atoms with Crippen molar-refractivity contribution in [1.29, 1.82) is 0 Å². The molecule has 1 saturated carbocycles. The number of anilines is 1. The van der Waals surface area contributed by atoms with E-state index in [0.29, 0.717) is 0 Å². The van der Waals surface area contributed by atoms with E-state index in [1.807, 2.05) is 0 Å². The molecular weight excluding hydrogens is 212 g/mol. The molecule has 1 N–H and O–H groups in total. The smallest absolute Gasteiger partial charge is 0.131 e. The third-order valence-corrected chi connectivity index (χ3v) is 3.86. The van der Waals surface area contributed by atoms with Gasteiger partial charge in [0.2, 0.25) is 0 Å². The van der Waals surface area contributed by atoms with E-state index in [-0.39, 0.29) is 0 Å². The molecule has 1 aliphatic heterocycles. The Morgan fingerprint density at radius 2 is 2.00 bits per heavy atom. The van der Waals surface area contributed by atoms with Crippen LogP contribution in [0.3, 0.4) is 0 Å². The predicted octanol–water partition coefficient (Wildman–Crippen LogP) is 1.58. The van der Waals surface area contributed by atoms with Gasteiger partial charge in [-0.05, 0) is 32.6 Å². The fourth-order valence-electron chi connectivity index (χ4n) is 2.76. The summed E-state index contributed by atoms with van der Waals surface area (Å²) < 4.78 is 2.06. The first-order valence-electron chi connectivity index (χ1n) is 6.76. The highest BCUT2D eigenvalue weighted by atomic mass is 15.4. The summed E-state index contributed by atoms with van der Waals surface area (Å²) in [6.45, 7) is 5.49. The molecule has 1 saturated heterocycles. The number of hydrogen-bond donors (Lipinski definition) is 1. The second kappa shape index (κ2) is 4.33. The second-order valence-corrected chi connectivity index (χ2v) is 5.36. The molecule has 0 spiro atoms. The van der Waals surface area contributed by atoms with Gasteiger partial charge >= 0.3 is 0 Å². The van der Waals surface area contributed by atoms with Crippen LogP contribution in [0.2, 0.25) is 0 Å². The van der Waals surface area contributed by atoms with E-state index in [0.717, 1.165) is 12.6 Å². The molecule has 0 unspecified atom stereocenters. The van der Waals surface area contributed by atoms with Crippen molar-refractivity contribution in [2.24, 2.45) is 7.05 Å². The Labute approximate surface area is 103 Å². The Morgan fingerprint density at radius 1 is 1.29 bits per heavy atom. The van der Waals surface area contributed by atoms with Crippen molar-refractivity contribution in [3.8, 4) is 0 Å². The zero-order valence-electron chi connectivity index (χ0n) is 10.9. The highest BCUT2D eigenvalue weighted by Gasteiger charge is 2.25. The van der Waals surface area contributed by atoms with Crippen LogP contribution in [-0.4, -0.2) is 28.9 Å². The van der Waals surface area contributed by atoms with Crippen LogP contribution in [0.25, 0.3) is 0 Å². The molecule has 4 heteroatoms. The third-order valence-electron chi connectivity index (χ3n) is 3.86. The molecule has 0 bridgehead atoms. The fourth-order valence-corrected chi connectivity index (χ4v) is 2.76. The number of aryl methyl sites for hydroxylation is 2. The van der Waals surface area contributed by atoms with Crippen molar-refractivity contribution < 1.29 is 0 Å². The van der Waals surface area contributed by atoms with E-state index in [1.165, 1.54) is 55.8 Å². The van der Waals surface area contributed by atoms with Gasteiger partial charge in [0, 0.05) is 38.3 Å². The molecule has 0 amide bonds. The number of hydrogen-bond acceptors (Lipinski definition) is 3. The normalized spacial score (nSPS) is 20.2. The molecule has 0 radical (unpaired) electrons. The average Bonchev–Trinajstić information content (AvgIpc) is 2.88. The zero-order chi connectivity index (χ0) is 11.8. The molecule has 2 aliphatic rings. The third kappa shape index (κ3) is 2.18. The molecular formula is C13H22N4. The fraction of sp³-hybridized carbons (Fsp3) is 0.769. The summed E-state index contributed by atoms with van der Waals surface area (Å²) >= 11 is 0. The van der Waals surface area contributed by atoms with Crippen molar-refractivity contribution in [2.75, 3.05) is 18.0 Å². The van der Waals surface area contributed by atoms with Crippen LogP contribution in [0.1, 0.15) is 36.9 Å². The Kier molecular flexibility index (Phi) is 2.82. The molecule has 2 heterocycles. The second-order valence-electron chi connectivity index (χ2n) is 5.36. The lowest BCUT2D eigenvalue weighted by molar-refractivity contribution is 0.681. The minimum Gasteiger partial charge on any atom is -0.357 e. The van der Waals surface area contributed by atoms with E-state index >= 15 is 0 Å². The van der Waals surface area contributed by atoms with Gasteiger partial charge in [-0.3, -0.25) is 4.68 Å². The number of nitrogens with one attached hydrogen (secondary N) is 1. The quantitative estimate of drug-likeness (QED) is 0.858. The van der Waals surface area contributed by atoms with Crippen molar-refractivity contribution in [2.45, 2.75) is 45.2 Å². The lowest BCUT2D eigenvalue weighted by Gasteiger charge is -2.19. The van der Waals surface area contributed by atoms with Crippen LogP contribution in [0.4, 0.5) is 5.82 Å². The van der Waals surface area contributed by atoms with E-state index in [1.54, 1.807) is 0 Å². The molecule has 1 aromatic heterocycles. The summed E-state index contributed by atoms with van der Waals surface area (Å²) in [6.07, 6.45) is 5.33. The van der Waals surface area contributed by atoms with Gasteiger partial charge in [-0.25, -0.2) is 0 Å². The first-order valence-corrected chi connectivity index (χ1v) is 6.76. The summed E-state index contributed by atoms with van der Waals surface area (Å²) in [4.78, 5) is 2.49. The van der Waals surface area contributed by atoms with Gasteiger partial charge < -0.3 is 10.2 Å². The molecule has 17 heavy (non-hydrogen) atoms. The van der Waals surface area contributed by atoms with Crippen LogP contribution in [0.5, 0.6) is 0 Å². The highest BCUT2D eigenvalue weighted by molar-refractivity contribution is 5.50. The van der Waals surface area contributed by atoms with Crippen LogP contribution in [0, 0.1) is 6.92 Å². The van der Waals surface area contributed by atoms with Gasteiger partial charge in [-0.15, -0.1) is 0 Å². The van der Waals surface area contributed by atoms with Crippen molar-refractivity contribution in [3.63, 3.8) is 0 Å². The number of rotatable bonds is 4. The first kappa shape index (κ1) is 11.1. The summed E-state index contributed by atoms with van der Waals surface area (Å²) in [7, 11) is 2.07. The number of aromatic nitrogens is 2. The largest absolute Gasteiger partial charge is 0.357 e. The van der Waals surface area contributed by atoms with Gasteiger partial charge in [0.05, 0.1) is 5.69 Å². The monoisotopic (exact) mass is 234 g/mol. The molecule has 94 valence electrons. The van der Waals surface area contributed by atoms with E-state index in [4.69, 9.17) is 0 Å². The summed E-state index contributed by atoms with van der Waals surface area (Å²) in [6, 6.07) is 0.765. The standard InChI is InChI=1S/C13H22N4/c1-10-12(9-14-11-5-6-11)13(16(2)15-10)17-7-3-4-8-17/h11,14H,3-9H2,1-2H3. The van der Waals surface area contributed by atoms with Gasteiger partial charge in [-0.1, -0.05) is 0 Å². The zero-order valence-corrected chi connectivity index (χ0v) is 10.9. The summed E-state index contributed by atoms with van der Waals surface area (Å²) in [5, 5.41) is 8.20. The molecule has 0 atom stereocenters. The van der Waals surface area contributed by atoms with Crippen molar-refractivity contribution >= 4 is 5.82 Å². The van der Waals surface area contributed by atoms with E-state index in [9.17, 15) is 0 Å².